The van der Waals surface area contributed by atoms with E-state index in [1.165, 1.54) is 49.6 Å². The van der Waals surface area contributed by atoms with Crippen molar-refractivity contribution in [1.29, 1.82) is 0 Å². The predicted molar refractivity (Wildman–Crippen MR) is 135 cm³/mol. The van der Waals surface area contributed by atoms with Gasteiger partial charge in [0.15, 0.2) is 5.17 Å². The molecule has 1 aliphatic heterocycles. The van der Waals surface area contributed by atoms with Crippen LogP contribution in [0.1, 0.15) is 40.5 Å². The predicted octanol–water partition coefficient (Wildman–Crippen LogP) is 5.28. The molecule has 1 heterocycles. The molecule has 0 atom stereocenters. The van der Waals surface area contributed by atoms with Gasteiger partial charge in [0.1, 0.15) is 0 Å². The number of methoxy groups -OCH3 is 1. The Morgan fingerprint density at radius 3 is 2.46 bits per heavy atom. The van der Waals surface area contributed by atoms with Crippen LogP contribution in [0.5, 0.6) is 0 Å². The van der Waals surface area contributed by atoms with Crippen molar-refractivity contribution in [3.05, 3.63) is 74.6 Å². The summed E-state index contributed by atoms with van der Waals surface area (Å²) in [4.78, 5) is 55.1. The molecule has 0 bridgehead atoms. The Morgan fingerprint density at radius 2 is 1.83 bits per heavy atom. The fourth-order valence-corrected chi connectivity index (χ4v) is 4.32. The van der Waals surface area contributed by atoms with E-state index in [0.29, 0.717) is 22.9 Å². The highest BCUT2D eigenvalue weighted by atomic mass is 35.5. The Morgan fingerprint density at radius 1 is 1.11 bits per heavy atom. The fraction of sp³-hybridized carbons (Fsp3) is 0.208. The molecule has 0 N–H and O–H groups in total. The summed E-state index contributed by atoms with van der Waals surface area (Å²) in [6.45, 7) is 2.30. The molecule has 2 aromatic rings. The maximum absolute atomic E-state index is 13.1. The summed E-state index contributed by atoms with van der Waals surface area (Å²) in [6.07, 6.45) is 2.66. The Balaban J connectivity index is 1.95. The number of amidine groups is 1. The first-order valence-corrected chi connectivity index (χ1v) is 12.0. The van der Waals surface area contributed by atoms with Crippen molar-refractivity contribution in [1.82, 2.24) is 0 Å². The number of ether oxygens (including phenoxy) is 2. The Labute approximate surface area is 215 Å². The molecule has 3 rings (SSSR count). The number of hydrogen-bond acceptors (Lipinski definition) is 7. The molecule has 35 heavy (non-hydrogen) atoms. The van der Waals surface area contributed by atoms with Crippen LogP contribution in [-0.4, -0.2) is 42.6 Å². The molecule has 1 fully saturated rings. The minimum absolute atomic E-state index is 0.000517. The third-order valence-corrected chi connectivity index (χ3v) is 6.22. The van der Waals surface area contributed by atoms with E-state index in [-0.39, 0.29) is 20.7 Å². The van der Waals surface area contributed by atoms with Crippen LogP contribution in [-0.2, 0) is 19.1 Å². The zero-order valence-corrected chi connectivity index (χ0v) is 21.1. The molecule has 1 aliphatic rings. The summed E-state index contributed by atoms with van der Waals surface area (Å²) in [7, 11) is 1.18. The van der Waals surface area contributed by atoms with Gasteiger partial charge in [0.2, 0.25) is 0 Å². The van der Waals surface area contributed by atoms with Gasteiger partial charge in [-0.05, 0) is 60.6 Å². The highest BCUT2D eigenvalue weighted by Crippen LogP contribution is 2.35. The molecule has 0 radical (unpaired) electrons. The van der Waals surface area contributed by atoms with Gasteiger partial charge in [-0.1, -0.05) is 36.5 Å². The molecule has 0 spiro atoms. The van der Waals surface area contributed by atoms with E-state index in [2.05, 4.69) is 9.73 Å². The van der Waals surface area contributed by atoms with Gasteiger partial charge in [0, 0.05) is 11.1 Å². The average molecular weight is 535 g/mol. The maximum Gasteiger partial charge on any atom is 0.338 e. The van der Waals surface area contributed by atoms with Crippen molar-refractivity contribution in [3.63, 3.8) is 0 Å². The Kier molecular flexibility index (Phi) is 9.08. The number of anilines is 1. The minimum atomic E-state index is -0.737. The SMILES string of the molecule is CCCCOC(=O)c1ccc(N2C(=O)C(=CC(=O)OC)SC2=NC(=O)c2ccc(Cl)cc2Cl)cc1. The number of thioether (sulfide) groups is 1. The van der Waals surface area contributed by atoms with E-state index in [4.69, 9.17) is 27.9 Å². The molecule has 0 saturated carbocycles. The zero-order chi connectivity index (χ0) is 25.5. The largest absolute Gasteiger partial charge is 0.466 e. The van der Waals surface area contributed by atoms with Crippen molar-refractivity contribution in [2.45, 2.75) is 19.8 Å². The molecule has 182 valence electrons. The lowest BCUT2D eigenvalue weighted by atomic mass is 10.2. The summed E-state index contributed by atoms with van der Waals surface area (Å²) < 4.78 is 9.80. The molecule has 2 amide bonds. The number of carbonyl (C=O) groups excluding carboxylic acids is 4. The molecule has 2 aromatic carbocycles. The van der Waals surface area contributed by atoms with Gasteiger partial charge in [0.25, 0.3) is 11.8 Å². The summed E-state index contributed by atoms with van der Waals surface area (Å²) >= 11 is 12.8. The molecule has 0 unspecified atom stereocenters. The molecular formula is C24H20Cl2N2O6S. The highest BCUT2D eigenvalue weighted by Gasteiger charge is 2.36. The smallest absolute Gasteiger partial charge is 0.338 e. The monoisotopic (exact) mass is 534 g/mol. The summed E-state index contributed by atoms with van der Waals surface area (Å²) in [5.41, 5.74) is 0.721. The molecule has 8 nitrogen and oxygen atoms in total. The third-order valence-electron chi connectivity index (χ3n) is 4.71. The van der Waals surface area contributed by atoms with E-state index in [9.17, 15) is 19.2 Å². The van der Waals surface area contributed by atoms with Crippen LogP contribution >= 0.6 is 35.0 Å². The van der Waals surface area contributed by atoms with E-state index < -0.39 is 23.8 Å². The van der Waals surface area contributed by atoms with Gasteiger partial charge in [-0.3, -0.25) is 14.5 Å². The lowest BCUT2D eigenvalue weighted by Gasteiger charge is -2.16. The lowest BCUT2D eigenvalue weighted by molar-refractivity contribution is -0.135. The van der Waals surface area contributed by atoms with Gasteiger partial charge in [-0.15, -0.1) is 0 Å². The van der Waals surface area contributed by atoms with Crippen molar-refractivity contribution in [2.24, 2.45) is 4.99 Å². The van der Waals surface area contributed by atoms with Gasteiger partial charge in [-0.25, -0.2) is 9.59 Å². The minimum Gasteiger partial charge on any atom is -0.466 e. The molecular weight excluding hydrogens is 515 g/mol. The first-order chi connectivity index (χ1) is 16.7. The first kappa shape index (κ1) is 26.5. The number of hydrogen-bond donors (Lipinski definition) is 0. The zero-order valence-electron chi connectivity index (χ0n) is 18.7. The van der Waals surface area contributed by atoms with Crippen LogP contribution in [0.3, 0.4) is 0 Å². The third kappa shape index (κ3) is 6.50. The van der Waals surface area contributed by atoms with Gasteiger partial charge in [-0.2, -0.15) is 4.99 Å². The highest BCUT2D eigenvalue weighted by molar-refractivity contribution is 8.19. The van der Waals surface area contributed by atoms with Crippen LogP contribution in [0.4, 0.5) is 5.69 Å². The van der Waals surface area contributed by atoms with E-state index in [1.54, 1.807) is 0 Å². The van der Waals surface area contributed by atoms with Crippen molar-refractivity contribution >= 4 is 69.6 Å². The second-order valence-electron chi connectivity index (χ2n) is 7.13. The summed E-state index contributed by atoms with van der Waals surface area (Å²) in [5, 5.41) is 0.450. The molecule has 0 aliphatic carbocycles. The molecule has 11 heteroatoms. The number of unbranched alkanes of at least 4 members (excludes halogenated alkanes) is 1. The maximum atomic E-state index is 13.1. The van der Waals surface area contributed by atoms with Crippen molar-refractivity contribution in [3.8, 4) is 0 Å². The number of halogens is 2. The number of nitrogens with zero attached hydrogens (tertiary/aromatic N) is 2. The van der Waals surface area contributed by atoms with E-state index in [1.807, 2.05) is 6.92 Å². The van der Waals surface area contributed by atoms with Crippen LogP contribution < -0.4 is 4.90 Å². The second-order valence-corrected chi connectivity index (χ2v) is 8.99. The topological polar surface area (TPSA) is 102 Å². The Hall–Kier alpha value is -3.14. The van der Waals surface area contributed by atoms with Crippen LogP contribution in [0.2, 0.25) is 10.0 Å². The number of benzene rings is 2. The number of rotatable bonds is 7. The number of amides is 2. The van der Waals surface area contributed by atoms with Crippen LogP contribution in [0, 0.1) is 0 Å². The lowest BCUT2D eigenvalue weighted by Crippen LogP contribution is -2.29. The van der Waals surface area contributed by atoms with E-state index >= 15 is 0 Å². The quantitative estimate of drug-likeness (QED) is 0.270. The summed E-state index contributed by atoms with van der Waals surface area (Å²) in [5.74, 6) is -2.52. The number of aliphatic imine (C=N–C) groups is 1. The molecule has 1 saturated heterocycles. The number of esters is 2. The van der Waals surface area contributed by atoms with E-state index in [0.717, 1.165) is 35.6 Å². The first-order valence-electron chi connectivity index (χ1n) is 10.4. The van der Waals surface area contributed by atoms with Crippen LogP contribution in [0.25, 0.3) is 0 Å². The van der Waals surface area contributed by atoms with Gasteiger partial charge >= 0.3 is 11.9 Å². The number of carbonyl (C=O) groups is 4. The van der Waals surface area contributed by atoms with Crippen molar-refractivity contribution < 1.29 is 28.7 Å². The normalized spacial score (nSPS) is 15.5. The summed E-state index contributed by atoms with van der Waals surface area (Å²) in [6, 6.07) is 10.4. The fourth-order valence-electron chi connectivity index (χ4n) is 2.89. The van der Waals surface area contributed by atoms with Gasteiger partial charge in [0.05, 0.1) is 40.5 Å². The molecule has 0 aromatic heterocycles. The second kappa shape index (κ2) is 12.0. The standard InChI is InChI=1S/C24H20Cl2N2O6S/c1-3-4-11-34-23(32)14-5-8-16(9-6-14)28-22(31)19(13-20(29)33-2)35-24(28)27-21(30)17-10-7-15(25)12-18(17)26/h5-10,12-13H,3-4,11H2,1-2H3. The Bertz CT molecular complexity index is 1230. The van der Waals surface area contributed by atoms with Crippen LogP contribution in [0.15, 0.2) is 58.4 Å². The average Bonchev–Trinajstić information content (AvgIpc) is 3.13. The van der Waals surface area contributed by atoms with Gasteiger partial charge < -0.3 is 9.47 Å². The van der Waals surface area contributed by atoms with Crippen molar-refractivity contribution in [2.75, 3.05) is 18.6 Å².